The maximum atomic E-state index is 12.1. The molecule has 3 rings (SSSR count). The molecule has 1 aliphatic heterocycles. The molecular formula is C12H11ClIN3O3. The fourth-order valence-electron chi connectivity index (χ4n) is 2.05. The predicted molar refractivity (Wildman–Crippen MR) is 81.1 cm³/mol. The van der Waals surface area contributed by atoms with Crippen molar-refractivity contribution in [2.24, 2.45) is 0 Å². The van der Waals surface area contributed by atoms with E-state index in [1.807, 2.05) is 0 Å². The molecule has 0 spiro atoms. The van der Waals surface area contributed by atoms with Gasteiger partial charge in [0.15, 0.2) is 5.65 Å². The number of ether oxygens (including phenoxy) is 2. The minimum absolute atomic E-state index is 0.141. The zero-order valence-corrected chi connectivity index (χ0v) is 13.5. The molecule has 106 valence electrons. The van der Waals surface area contributed by atoms with Gasteiger partial charge in [-0.3, -0.25) is 0 Å². The van der Waals surface area contributed by atoms with Gasteiger partial charge in [-0.25, -0.2) is 14.5 Å². The smallest absolute Gasteiger partial charge is 0.339 e. The SMILES string of the molecule is CCOC(=O)c1cc(Cl)nc2c1c(I)nn2C1COC1. The summed E-state index contributed by atoms with van der Waals surface area (Å²) in [5.74, 6) is -0.413. The molecule has 0 atom stereocenters. The average molecular weight is 408 g/mol. The summed E-state index contributed by atoms with van der Waals surface area (Å²) in [6.45, 7) is 3.25. The van der Waals surface area contributed by atoms with Crippen LogP contribution in [0, 0.1) is 3.70 Å². The molecule has 0 unspecified atom stereocenters. The third-order valence-corrected chi connectivity index (χ3v) is 4.00. The predicted octanol–water partition coefficient (Wildman–Crippen LogP) is 2.44. The Morgan fingerprint density at radius 3 is 3.00 bits per heavy atom. The number of hydrogen-bond donors (Lipinski definition) is 0. The Hall–Kier alpha value is -0.930. The Kier molecular flexibility index (Phi) is 3.83. The van der Waals surface area contributed by atoms with E-state index in [0.717, 1.165) is 0 Å². The second kappa shape index (κ2) is 5.45. The molecule has 8 heteroatoms. The number of carbonyl (C=O) groups excluding carboxylic acids is 1. The zero-order valence-electron chi connectivity index (χ0n) is 10.6. The number of fused-ring (bicyclic) bond motifs is 1. The van der Waals surface area contributed by atoms with Crippen molar-refractivity contribution < 1.29 is 14.3 Å². The number of halogens is 2. The van der Waals surface area contributed by atoms with E-state index >= 15 is 0 Å². The van der Waals surface area contributed by atoms with E-state index in [1.165, 1.54) is 6.07 Å². The lowest BCUT2D eigenvalue weighted by atomic mass is 10.2. The Morgan fingerprint density at radius 2 is 2.40 bits per heavy atom. The summed E-state index contributed by atoms with van der Waals surface area (Å²) in [6, 6.07) is 1.66. The molecule has 0 aromatic carbocycles. The van der Waals surface area contributed by atoms with Crippen LogP contribution in [-0.4, -0.2) is 40.6 Å². The lowest BCUT2D eigenvalue weighted by molar-refractivity contribution is -0.0270. The van der Waals surface area contributed by atoms with Crippen molar-refractivity contribution in [3.05, 3.63) is 20.5 Å². The van der Waals surface area contributed by atoms with Gasteiger partial charge < -0.3 is 9.47 Å². The summed E-state index contributed by atoms with van der Waals surface area (Å²) in [7, 11) is 0. The van der Waals surface area contributed by atoms with Crippen molar-refractivity contribution in [1.82, 2.24) is 14.8 Å². The van der Waals surface area contributed by atoms with Crippen LogP contribution in [0.25, 0.3) is 11.0 Å². The first-order valence-electron chi connectivity index (χ1n) is 6.11. The fourth-order valence-corrected chi connectivity index (χ4v) is 3.00. The van der Waals surface area contributed by atoms with E-state index in [-0.39, 0.29) is 11.2 Å². The standard InChI is InChI=1S/C12H11ClIN3O3/c1-2-20-12(18)7-3-8(13)15-11-9(7)10(14)16-17(11)6-4-19-5-6/h3,6H,2,4-5H2,1H3. The average Bonchev–Trinajstić information content (AvgIpc) is 2.64. The molecule has 0 N–H and O–H groups in total. The van der Waals surface area contributed by atoms with Gasteiger partial charge in [-0.05, 0) is 35.6 Å². The lowest BCUT2D eigenvalue weighted by Gasteiger charge is -2.26. The molecular weight excluding hydrogens is 397 g/mol. The molecule has 2 aromatic heterocycles. The molecule has 1 aliphatic rings. The van der Waals surface area contributed by atoms with Crippen LogP contribution in [0.15, 0.2) is 6.07 Å². The number of aromatic nitrogens is 3. The maximum Gasteiger partial charge on any atom is 0.339 e. The van der Waals surface area contributed by atoms with Crippen LogP contribution in [-0.2, 0) is 9.47 Å². The number of hydrogen-bond acceptors (Lipinski definition) is 5. The Morgan fingerprint density at radius 1 is 1.65 bits per heavy atom. The minimum atomic E-state index is -0.413. The highest BCUT2D eigenvalue weighted by atomic mass is 127. The summed E-state index contributed by atoms with van der Waals surface area (Å²) >= 11 is 8.11. The van der Waals surface area contributed by atoms with Crippen LogP contribution in [0.3, 0.4) is 0 Å². The quantitative estimate of drug-likeness (QED) is 0.444. The summed E-state index contributed by atoms with van der Waals surface area (Å²) in [6.07, 6.45) is 0. The monoisotopic (exact) mass is 407 g/mol. The molecule has 0 amide bonds. The molecule has 3 heterocycles. The summed E-state index contributed by atoms with van der Waals surface area (Å²) in [4.78, 5) is 16.4. The van der Waals surface area contributed by atoms with Gasteiger partial charge >= 0.3 is 5.97 Å². The molecule has 1 fully saturated rings. The second-order valence-corrected chi connectivity index (χ2v) is 5.75. The van der Waals surface area contributed by atoms with Crippen LogP contribution in [0.2, 0.25) is 5.15 Å². The normalized spacial score (nSPS) is 15.3. The van der Waals surface area contributed by atoms with Gasteiger partial charge in [0.1, 0.15) is 14.9 Å². The summed E-state index contributed by atoms with van der Waals surface area (Å²) in [5.41, 5.74) is 0.996. The number of pyridine rings is 1. The van der Waals surface area contributed by atoms with Crippen LogP contribution < -0.4 is 0 Å². The highest BCUT2D eigenvalue weighted by molar-refractivity contribution is 14.1. The Bertz CT molecular complexity index is 684. The van der Waals surface area contributed by atoms with E-state index in [1.54, 1.807) is 11.6 Å². The highest BCUT2D eigenvalue weighted by Crippen LogP contribution is 2.30. The minimum Gasteiger partial charge on any atom is -0.462 e. The van der Waals surface area contributed by atoms with E-state index < -0.39 is 5.97 Å². The topological polar surface area (TPSA) is 66.2 Å². The first-order valence-corrected chi connectivity index (χ1v) is 7.56. The molecule has 20 heavy (non-hydrogen) atoms. The van der Waals surface area contributed by atoms with Gasteiger partial charge in [-0.2, -0.15) is 5.10 Å². The van der Waals surface area contributed by atoms with Crippen LogP contribution >= 0.6 is 34.2 Å². The van der Waals surface area contributed by atoms with Crippen LogP contribution in [0.1, 0.15) is 23.3 Å². The first kappa shape index (κ1) is 14.0. The van der Waals surface area contributed by atoms with Gasteiger partial charge in [0.25, 0.3) is 0 Å². The van der Waals surface area contributed by atoms with Crippen molar-refractivity contribution in [2.75, 3.05) is 19.8 Å². The molecule has 0 saturated carbocycles. The summed E-state index contributed by atoms with van der Waals surface area (Å²) < 4.78 is 12.7. The van der Waals surface area contributed by atoms with Crippen molar-refractivity contribution in [3.63, 3.8) is 0 Å². The van der Waals surface area contributed by atoms with E-state index in [4.69, 9.17) is 21.1 Å². The van der Waals surface area contributed by atoms with E-state index in [9.17, 15) is 4.79 Å². The molecule has 6 nitrogen and oxygen atoms in total. The number of carbonyl (C=O) groups is 1. The molecule has 0 radical (unpaired) electrons. The fraction of sp³-hybridized carbons (Fsp3) is 0.417. The molecule has 1 saturated heterocycles. The highest BCUT2D eigenvalue weighted by Gasteiger charge is 2.27. The molecule has 0 aliphatic carbocycles. The third-order valence-electron chi connectivity index (χ3n) is 3.05. The Labute approximate surface area is 133 Å². The van der Waals surface area contributed by atoms with E-state index in [0.29, 0.717) is 40.1 Å². The number of rotatable bonds is 3. The number of nitrogens with zero attached hydrogens (tertiary/aromatic N) is 3. The maximum absolute atomic E-state index is 12.1. The summed E-state index contributed by atoms with van der Waals surface area (Å²) in [5, 5.41) is 5.38. The van der Waals surface area contributed by atoms with Gasteiger partial charge in [0, 0.05) is 0 Å². The van der Waals surface area contributed by atoms with Gasteiger partial charge in [-0.15, -0.1) is 0 Å². The second-order valence-electron chi connectivity index (χ2n) is 4.34. The molecule has 0 bridgehead atoms. The zero-order chi connectivity index (χ0) is 14.3. The lowest BCUT2D eigenvalue weighted by Crippen LogP contribution is -2.31. The van der Waals surface area contributed by atoms with Crippen molar-refractivity contribution in [1.29, 1.82) is 0 Å². The largest absolute Gasteiger partial charge is 0.462 e. The van der Waals surface area contributed by atoms with Crippen molar-refractivity contribution >= 4 is 51.2 Å². The van der Waals surface area contributed by atoms with Gasteiger partial charge in [0.05, 0.1) is 30.8 Å². The van der Waals surface area contributed by atoms with Gasteiger partial charge in [-0.1, -0.05) is 11.6 Å². The van der Waals surface area contributed by atoms with Crippen molar-refractivity contribution in [2.45, 2.75) is 13.0 Å². The van der Waals surface area contributed by atoms with Gasteiger partial charge in [0.2, 0.25) is 0 Å². The third kappa shape index (κ3) is 2.27. The van der Waals surface area contributed by atoms with Crippen LogP contribution in [0.4, 0.5) is 0 Å². The Balaban J connectivity index is 2.20. The van der Waals surface area contributed by atoms with E-state index in [2.05, 4.69) is 32.7 Å². The molecule has 2 aromatic rings. The van der Waals surface area contributed by atoms with Crippen molar-refractivity contribution in [3.8, 4) is 0 Å². The number of esters is 1. The van der Waals surface area contributed by atoms with Crippen LogP contribution in [0.5, 0.6) is 0 Å². The first-order chi connectivity index (χ1) is 9.61.